The zero-order valence-corrected chi connectivity index (χ0v) is 18.1. The molecule has 0 aliphatic carbocycles. The number of nitrogens with zero attached hydrogens (tertiary/aromatic N) is 4. The molecule has 1 aromatic carbocycles. The molecule has 0 bridgehead atoms. The Kier molecular flexibility index (Phi) is 5.94. The van der Waals surface area contributed by atoms with Crippen LogP contribution < -0.4 is 5.73 Å². The van der Waals surface area contributed by atoms with Crippen LogP contribution in [0.5, 0.6) is 0 Å². The lowest BCUT2D eigenvalue weighted by Crippen LogP contribution is -2.55. The number of nitrogens with two attached hydrogens (primary N) is 1. The van der Waals surface area contributed by atoms with Crippen molar-refractivity contribution in [2.24, 2.45) is 10.7 Å². The zero-order chi connectivity index (χ0) is 22.0. The summed E-state index contributed by atoms with van der Waals surface area (Å²) in [6.45, 7) is 3.14. The fraction of sp³-hybridized carbons (Fsp3) is 0.391. The molecule has 3 heterocycles. The second-order valence-electron chi connectivity index (χ2n) is 8.15. The number of carbonyl (C=O) groups is 1. The molecule has 160 valence electrons. The summed E-state index contributed by atoms with van der Waals surface area (Å²) in [7, 11) is 0. The van der Waals surface area contributed by atoms with Crippen LogP contribution in [-0.4, -0.2) is 41.0 Å². The molecule has 1 atom stereocenters. The minimum atomic E-state index is -0.834. The zero-order valence-electron chi connectivity index (χ0n) is 17.3. The third-order valence-corrected chi connectivity index (χ3v) is 6.37. The van der Waals surface area contributed by atoms with E-state index in [2.05, 4.69) is 4.98 Å². The van der Waals surface area contributed by atoms with E-state index in [1.807, 2.05) is 37.3 Å². The van der Waals surface area contributed by atoms with Crippen LogP contribution in [0.2, 0.25) is 5.02 Å². The van der Waals surface area contributed by atoms with E-state index in [0.29, 0.717) is 30.4 Å². The predicted octanol–water partition coefficient (Wildman–Crippen LogP) is 3.14. The van der Waals surface area contributed by atoms with E-state index < -0.39 is 5.54 Å². The highest BCUT2D eigenvalue weighted by atomic mass is 35.5. The van der Waals surface area contributed by atoms with Crippen LogP contribution in [0, 0.1) is 11.3 Å². The van der Waals surface area contributed by atoms with E-state index in [1.54, 1.807) is 17.2 Å². The largest absolute Gasteiger partial charge is 0.381 e. The summed E-state index contributed by atoms with van der Waals surface area (Å²) < 4.78 is 5.41. The van der Waals surface area contributed by atoms with Crippen molar-refractivity contribution < 1.29 is 9.53 Å². The molecule has 2 aromatic rings. The minimum absolute atomic E-state index is 0.0280. The molecule has 8 heteroatoms. The third kappa shape index (κ3) is 4.27. The van der Waals surface area contributed by atoms with E-state index in [9.17, 15) is 4.79 Å². The maximum absolute atomic E-state index is 13.1. The van der Waals surface area contributed by atoms with Crippen molar-refractivity contribution in [3.8, 4) is 6.07 Å². The molecule has 1 fully saturated rings. The van der Waals surface area contributed by atoms with Gasteiger partial charge in [-0.05, 0) is 42.5 Å². The fourth-order valence-electron chi connectivity index (χ4n) is 4.29. The predicted molar refractivity (Wildman–Crippen MR) is 117 cm³/mol. The Morgan fingerprint density at radius 3 is 2.74 bits per heavy atom. The number of nitriles is 1. The van der Waals surface area contributed by atoms with Gasteiger partial charge in [-0.15, -0.1) is 0 Å². The number of aliphatic imine (C=N–C) groups is 1. The molecular formula is C23H24ClN5O2. The molecule has 2 aliphatic rings. The Bertz CT molecular complexity index is 1060. The third-order valence-electron chi connectivity index (χ3n) is 5.92. The summed E-state index contributed by atoms with van der Waals surface area (Å²) >= 11 is 6.80. The summed E-state index contributed by atoms with van der Waals surface area (Å²) in [5.41, 5.74) is 8.44. The molecule has 2 N–H and O–H groups in total. The highest BCUT2D eigenvalue weighted by Gasteiger charge is 2.41. The molecular weight excluding hydrogens is 414 g/mol. The standard InChI is InChI=1S/C23H24ClN5O2/c1-23(12-20(30)29(22(26)28-23)18-7-9-31-10-8-18)19-4-2-3-16(21(19)24)11-15-5-6-17(13-25)27-14-15/h2-6,14,18H,7-12H2,1H3,(H2,26,28)/t23-/m0/s1. The van der Waals surface area contributed by atoms with E-state index in [1.165, 1.54) is 0 Å². The van der Waals surface area contributed by atoms with Crippen LogP contribution >= 0.6 is 11.6 Å². The number of amides is 1. The van der Waals surface area contributed by atoms with Crippen LogP contribution in [0.1, 0.15) is 48.6 Å². The Morgan fingerprint density at radius 1 is 1.32 bits per heavy atom. The molecule has 7 nitrogen and oxygen atoms in total. The van der Waals surface area contributed by atoms with Gasteiger partial charge in [0, 0.05) is 36.9 Å². The van der Waals surface area contributed by atoms with Gasteiger partial charge in [0.25, 0.3) is 0 Å². The molecule has 4 rings (SSSR count). The number of aromatic nitrogens is 1. The van der Waals surface area contributed by atoms with Crippen molar-refractivity contribution in [1.29, 1.82) is 5.26 Å². The average molecular weight is 438 g/mol. The fourth-order valence-corrected chi connectivity index (χ4v) is 4.69. The molecule has 1 saturated heterocycles. The Balaban J connectivity index is 1.62. The first-order chi connectivity index (χ1) is 14.9. The van der Waals surface area contributed by atoms with Crippen LogP contribution in [0.4, 0.5) is 0 Å². The molecule has 0 saturated carbocycles. The molecule has 0 radical (unpaired) electrons. The molecule has 1 aromatic heterocycles. The summed E-state index contributed by atoms with van der Waals surface area (Å²) in [5, 5.41) is 9.49. The van der Waals surface area contributed by atoms with Crippen molar-refractivity contribution in [1.82, 2.24) is 9.88 Å². The number of hydrogen-bond donors (Lipinski definition) is 1. The van der Waals surface area contributed by atoms with Crippen molar-refractivity contribution in [3.05, 3.63) is 63.9 Å². The van der Waals surface area contributed by atoms with Gasteiger partial charge < -0.3 is 10.5 Å². The molecule has 31 heavy (non-hydrogen) atoms. The van der Waals surface area contributed by atoms with Crippen molar-refractivity contribution in [2.75, 3.05) is 13.2 Å². The molecule has 0 unspecified atom stereocenters. The van der Waals surface area contributed by atoms with Gasteiger partial charge in [0.05, 0.1) is 12.0 Å². The molecule has 0 spiro atoms. The Hall–Kier alpha value is -2.95. The lowest BCUT2D eigenvalue weighted by molar-refractivity contribution is -0.132. The van der Waals surface area contributed by atoms with Gasteiger partial charge in [0.1, 0.15) is 11.8 Å². The van der Waals surface area contributed by atoms with Gasteiger partial charge in [0.2, 0.25) is 5.91 Å². The summed E-state index contributed by atoms with van der Waals surface area (Å²) in [5.74, 6) is 0.197. The van der Waals surface area contributed by atoms with Gasteiger partial charge in [-0.25, -0.2) is 9.98 Å². The van der Waals surface area contributed by atoms with Crippen LogP contribution in [-0.2, 0) is 21.5 Å². The number of halogens is 1. The SMILES string of the molecule is C[C@@]1(c2cccc(Cc3ccc(C#N)nc3)c2Cl)CC(=O)N(C2CCOCC2)C(N)=N1. The summed E-state index contributed by atoms with van der Waals surface area (Å²) in [6.07, 6.45) is 3.95. The van der Waals surface area contributed by atoms with Gasteiger partial charge in [-0.3, -0.25) is 9.69 Å². The number of benzene rings is 1. The second-order valence-corrected chi connectivity index (χ2v) is 8.52. The van der Waals surface area contributed by atoms with E-state index >= 15 is 0 Å². The van der Waals surface area contributed by atoms with Gasteiger partial charge >= 0.3 is 0 Å². The van der Waals surface area contributed by atoms with E-state index in [-0.39, 0.29) is 24.3 Å². The van der Waals surface area contributed by atoms with Crippen molar-refractivity contribution in [2.45, 2.75) is 44.2 Å². The Morgan fingerprint density at radius 2 is 2.10 bits per heavy atom. The van der Waals surface area contributed by atoms with E-state index in [0.717, 1.165) is 29.5 Å². The lowest BCUT2D eigenvalue weighted by atomic mass is 9.85. The number of pyridine rings is 1. The maximum Gasteiger partial charge on any atom is 0.232 e. The molecule has 1 amide bonds. The summed E-state index contributed by atoms with van der Waals surface area (Å²) in [4.78, 5) is 23.6. The second kappa shape index (κ2) is 8.66. The number of guanidine groups is 1. The lowest BCUT2D eigenvalue weighted by Gasteiger charge is -2.40. The molecule has 2 aliphatic heterocycles. The van der Waals surface area contributed by atoms with Gasteiger partial charge in [0.15, 0.2) is 5.96 Å². The monoisotopic (exact) mass is 437 g/mol. The Labute approximate surface area is 186 Å². The maximum atomic E-state index is 13.1. The first-order valence-electron chi connectivity index (χ1n) is 10.3. The summed E-state index contributed by atoms with van der Waals surface area (Å²) in [6, 6.07) is 11.4. The number of rotatable bonds is 4. The normalized spacial score (nSPS) is 22.2. The first-order valence-corrected chi connectivity index (χ1v) is 10.7. The van der Waals surface area contributed by atoms with Crippen LogP contribution in [0.3, 0.4) is 0 Å². The number of carbonyl (C=O) groups excluding carboxylic acids is 1. The average Bonchev–Trinajstić information content (AvgIpc) is 2.76. The smallest absolute Gasteiger partial charge is 0.232 e. The minimum Gasteiger partial charge on any atom is -0.381 e. The number of ether oxygens (including phenoxy) is 1. The van der Waals surface area contributed by atoms with Crippen molar-refractivity contribution in [3.63, 3.8) is 0 Å². The first kappa shape index (κ1) is 21.3. The van der Waals surface area contributed by atoms with Crippen LogP contribution in [0.25, 0.3) is 0 Å². The van der Waals surface area contributed by atoms with E-state index in [4.69, 9.17) is 32.3 Å². The number of hydrogen-bond acceptors (Lipinski definition) is 6. The van der Waals surface area contributed by atoms with Gasteiger partial charge in [-0.2, -0.15) is 5.26 Å². The van der Waals surface area contributed by atoms with Crippen molar-refractivity contribution >= 4 is 23.5 Å². The quantitative estimate of drug-likeness (QED) is 0.791. The topological polar surface area (TPSA) is 105 Å². The van der Waals surface area contributed by atoms with Gasteiger partial charge in [-0.1, -0.05) is 35.9 Å². The highest BCUT2D eigenvalue weighted by Crippen LogP contribution is 2.39. The highest BCUT2D eigenvalue weighted by molar-refractivity contribution is 6.32. The van der Waals surface area contributed by atoms with Crippen LogP contribution in [0.15, 0.2) is 41.5 Å².